The Morgan fingerprint density at radius 2 is 1.71 bits per heavy atom. The first-order chi connectivity index (χ1) is 10.1. The summed E-state index contributed by atoms with van der Waals surface area (Å²) in [6.45, 7) is 6.06. The highest BCUT2D eigenvalue weighted by Crippen LogP contribution is 2.30. The predicted molar refractivity (Wildman–Crippen MR) is 82.6 cm³/mol. The normalized spacial score (nSPS) is 22.6. The van der Waals surface area contributed by atoms with Crippen molar-refractivity contribution >= 4 is 11.8 Å². The second-order valence-corrected chi connectivity index (χ2v) is 5.50. The zero-order chi connectivity index (χ0) is 15.4. The van der Waals surface area contributed by atoms with Gasteiger partial charge < -0.3 is 10.2 Å². The van der Waals surface area contributed by atoms with Gasteiger partial charge in [-0.2, -0.15) is 0 Å². The van der Waals surface area contributed by atoms with E-state index in [4.69, 9.17) is 0 Å². The van der Waals surface area contributed by atoms with E-state index in [0.29, 0.717) is 6.42 Å². The van der Waals surface area contributed by atoms with Crippen LogP contribution in [0.4, 0.5) is 0 Å². The molecule has 1 aliphatic heterocycles. The van der Waals surface area contributed by atoms with E-state index in [1.165, 1.54) is 0 Å². The largest absolute Gasteiger partial charge is 0.342 e. The monoisotopic (exact) mass is 288 g/mol. The Balaban J connectivity index is 2.43. The van der Waals surface area contributed by atoms with E-state index in [2.05, 4.69) is 19.2 Å². The predicted octanol–water partition coefficient (Wildman–Crippen LogP) is 2.65. The molecule has 1 N–H and O–H groups in total. The average molecular weight is 288 g/mol. The molecule has 21 heavy (non-hydrogen) atoms. The molecule has 1 aromatic rings. The fraction of sp³-hybridized carbons (Fsp3) is 0.529. The van der Waals surface area contributed by atoms with E-state index in [-0.39, 0.29) is 17.9 Å². The molecule has 0 saturated carbocycles. The fourth-order valence-electron chi connectivity index (χ4n) is 3.04. The number of piperazine rings is 1. The van der Waals surface area contributed by atoms with Crippen molar-refractivity contribution in [1.29, 1.82) is 0 Å². The third-order valence-electron chi connectivity index (χ3n) is 4.26. The highest BCUT2D eigenvalue weighted by molar-refractivity contribution is 5.97. The number of hydrogen-bond donors (Lipinski definition) is 1. The number of nitrogens with one attached hydrogen (secondary N) is 1. The Hall–Kier alpha value is -1.84. The molecule has 0 aliphatic carbocycles. The number of amides is 2. The van der Waals surface area contributed by atoms with Gasteiger partial charge in [-0.25, -0.2) is 0 Å². The van der Waals surface area contributed by atoms with Crippen molar-refractivity contribution in [1.82, 2.24) is 10.2 Å². The maximum absolute atomic E-state index is 12.8. The lowest BCUT2D eigenvalue weighted by atomic mass is 9.95. The molecule has 4 nitrogen and oxygen atoms in total. The molecule has 2 atom stereocenters. The van der Waals surface area contributed by atoms with Gasteiger partial charge in [0.2, 0.25) is 11.8 Å². The Morgan fingerprint density at radius 3 is 2.24 bits per heavy atom. The van der Waals surface area contributed by atoms with Crippen LogP contribution in [0, 0.1) is 0 Å². The molecule has 1 fully saturated rings. The van der Waals surface area contributed by atoms with Crippen molar-refractivity contribution in [3.63, 3.8) is 0 Å². The van der Waals surface area contributed by atoms with Crippen LogP contribution in [0.5, 0.6) is 0 Å². The highest BCUT2D eigenvalue weighted by atomic mass is 16.2. The van der Waals surface area contributed by atoms with E-state index in [1.807, 2.05) is 42.2 Å². The minimum atomic E-state index is -0.508. The van der Waals surface area contributed by atoms with Gasteiger partial charge in [0.1, 0.15) is 12.1 Å². The molecule has 0 bridgehead atoms. The SMILES string of the molecule is CCC1NC(=O)C(c2ccccc2)N(C(CC)CC)C1=O. The molecule has 1 aromatic carbocycles. The van der Waals surface area contributed by atoms with Crippen LogP contribution in [0.15, 0.2) is 30.3 Å². The molecule has 2 unspecified atom stereocenters. The first kappa shape index (κ1) is 15.5. The molecule has 0 spiro atoms. The molecule has 0 aromatic heterocycles. The van der Waals surface area contributed by atoms with Gasteiger partial charge >= 0.3 is 0 Å². The third kappa shape index (κ3) is 2.94. The summed E-state index contributed by atoms with van der Waals surface area (Å²) in [6, 6.07) is 8.77. The van der Waals surface area contributed by atoms with Gasteiger partial charge in [0.25, 0.3) is 0 Å². The van der Waals surface area contributed by atoms with Gasteiger partial charge in [-0.05, 0) is 24.8 Å². The van der Waals surface area contributed by atoms with Crippen LogP contribution in [0.25, 0.3) is 0 Å². The first-order valence-corrected chi connectivity index (χ1v) is 7.81. The number of rotatable bonds is 5. The summed E-state index contributed by atoms with van der Waals surface area (Å²) in [4.78, 5) is 27.1. The molecule has 1 aliphatic rings. The molecular weight excluding hydrogens is 264 g/mol. The number of carbonyl (C=O) groups excluding carboxylic acids is 2. The maximum Gasteiger partial charge on any atom is 0.248 e. The summed E-state index contributed by atoms with van der Waals surface area (Å²) in [5.74, 6) is -0.0285. The van der Waals surface area contributed by atoms with Crippen LogP contribution >= 0.6 is 0 Å². The third-order valence-corrected chi connectivity index (χ3v) is 4.26. The van der Waals surface area contributed by atoms with Crippen LogP contribution in [-0.2, 0) is 9.59 Å². The topological polar surface area (TPSA) is 49.4 Å². The van der Waals surface area contributed by atoms with E-state index >= 15 is 0 Å². The summed E-state index contributed by atoms with van der Waals surface area (Å²) >= 11 is 0. The van der Waals surface area contributed by atoms with E-state index in [9.17, 15) is 9.59 Å². The van der Waals surface area contributed by atoms with E-state index in [1.54, 1.807) is 0 Å². The van der Waals surface area contributed by atoms with Crippen LogP contribution in [0.1, 0.15) is 51.6 Å². The second-order valence-electron chi connectivity index (χ2n) is 5.50. The molecular formula is C17H24N2O2. The van der Waals surface area contributed by atoms with Crippen LogP contribution < -0.4 is 5.32 Å². The zero-order valence-corrected chi connectivity index (χ0v) is 13.0. The lowest BCUT2D eigenvalue weighted by Gasteiger charge is -2.43. The summed E-state index contributed by atoms with van der Waals surface area (Å²) in [6.07, 6.45) is 2.34. The standard InChI is InChI=1S/C17H24N2O2/c1-4-13(5-2)19-15(12-10-8-7-9-11-12)16(20)18-14(6-3)17(19)21/h7-11,13-15H,4-6H2,1-3H3,(H,18,20). The van der Waals surface area contributed by atoms with Crippen LogP contribution in [0.3, 0.4) is 0 Å². The molecule has 0 radical (unpaired) electrons. The van der Waals surface area contributed by atoms with Crippen molar-refractivity contribution in [2.75, 3.05) is 0 Å². The Kier molecular flexibility index (Phi) is 4.99. The fourth-order valence-corrected chi connectivity index (χ4v) is 3.04. The molecule has 2 rings (SSSR count). The highest BCUT2D eigenvalue weighted by Gasteiger charge is 2.42. The molecule has 1 saturated heterocycles. The van der Waals surface area contributed by atoms with Crippen LogP contribution in [-0.4, -0.2) is 28.8 Å². The molecule has 1 heterocycles. The molecule has 114 valence electrons. The minimum absolute atomic E-state index is 0.0413. The van der Waals surface area contributed by atoms with Crippen molar-refractivity contribution in [3.05, 3.63) is 35.9 Å². The number of carbonyl (C=O) groups is 2. The molecule has 2 amide bonds. The minimum Gasteiger partial charge on any atom is -0.342 e. The van der Waals surface area contributed by atoms with Crippen molar-refractivity contribution in [3.8, 4) is 0 Å². The quantitative estimate of drug-likeness (QED) is 0.905. The smallest absolute Gasteiger partial charge is 0.248 e. The van der Waals surface area contributed by atoms with Crippen molar-refractivity contribution in [2.45, 2.75) is 58.2 Å². The average Bonchev–Trinajstić information content (AvgIpc) is 2.52. The summed E-state index contributed by atoms with van der Waals surface area (Å²) in [7, 11) is 0. The number of nitrogens with zero attached hydrogens (tertiary/aromatic N) is 1. The number of benzene rings is 1. The van der Waals surface area contributed by atoms with Crippen molar-refractivity contribution < 1.29 is 9.59 Å². The maximum atomic E-state index is 12.8. The zero-order valence-electron chi connectivity index (χ0n) is 13.0. The van der Waals surface area contributed by atoms with Gasteiger partial charge in [0, 0.05) is 6.04 Å². The summed E-state index contributed by atoms with van der Waals surface area (Å²) in [5, 5.41) is 2.87. The number of hydrogen-bond acceptors (Lipinski definition) is 2. The lowest BCUT2D eigenvalue weighted by Crippen LogP contribution is -2.61. The lowest BCUT2D eigenvalue weighted by molar-refractivity contribution is -0.152. The first-order valence-electron chi connectivity index (χ1n) is 7.81. The summed E-state index contributed by atoms with van der Waals surface area (Å²) < 4.78 is 0. The Morgan fingerprint density at radius 1 is 1.10 bits per heavy atom. The molecule has 4 heteroatoms. The Labute approximate surface area is 126 Å². The van der Waals surface area contributed by atoms with E-state index in [0.717, 1.165) is 18.4 Å². The van der Waals surface area contributed by atoms with Gasteiger partial charge in [0.15, 0.2) is 0 Å². The van der Waals surface area contributed by atoms with Gasteiger partial charge in [0.05, 0.1) is 0 Å². The van der Waals surface area contributed by atoms with Crippen molar-refractivity contribution in [2.24, 2.45) is 0 Å². The Bertz CT molecular complexity index is 497. The van der Waals surface area contributed by atoms with Crippen LogP contribution in [0.2, 0.25) is 0 Å². The van der Waals surface area contributed by atoms with Gasteiger partial charge in [-0.3, -0.25) is 9.59 Å². The second kappa shape index (κ2) is 6.74. The summed E-state index contributed by atoms with van der Waals surface area (Å²) in [5.41, 5.74) is 0.879. The van der Waals surface area contributed by atoms with Gasteiger partial charge in [-0.15, -0.1) is 0 Å². The van der Waals surface area contributed by atoms with Gasteiger partial charge in [-0.1, -0.05) is 51.1 Å². The van der Waals surface area contributed by atoms with E-state index < -0.39 is 12.1 Å².